The van der Waals surface area contributed by atoms with Crippen LogP contribution in [-0.2, 0) is 11.2 Å². The Labute approximate surface area is 107 Å². The van der Waals surface area contributed by atoms with Gasteiger partial charge in [-0.25, -0.2) is 0 Å². The van der Waals surface area contributed by atoms with Crippen molar-refractivity contribution in [3.8, 4) is 11.1 Å². The third-order valence-electron chi connectivity index (χ3n) is 3.09. The van der Waals surface area contributed by atoms with E-state index in [4.69, 9.17) is 5.11 Å². The fourth-order valence-electron chi connectivity index (χ4n) is 2.12. The van der Waals surface area contributed by atoms with Gasteiger partial charge in [-0.15, -0.1) is 0 Å². The second-order valence-electron chi connectivity index (χ2n) is 4.53. The van der Waals surface area contributed by atoms with Crippen molar-refractivity contribution in [3.63, 3.8) is 0 Å². The van der Waals surface area contributed by atoms with Crippen LogP contribution in [0.3, 0.4) is 0 Å². The Morgan fingerprint density at radius 3 is 2.33 bits per heavy atom. The molecule has 0 radical (unpaired) electrons. The predicted octanol–water partition coefficient (Wildman–Crippen LogP) is 3.60. The van der Waals surface area contributed by atoms with Crippen molar-refractivity contribution in [3.05, 3.63) is 59.2 Å². The summed E-state index contributed by atoms with van der Waals surface area (Å²) in [7, 11) is 0. The van der Waals surface area contributed by atoms with Gasteiger partial charge in [0, 0.05) is 0 Å². The number of aliphatic carboxylic acids is 1. The summed E-state index contributed by atoms with van der Waals surface area (Å²) >= 11 is 0. The Morgan fingerprint density at radius 1 is 1.00 bits per heavy atom. The minimum Gasteiger partial charge on any atom is -0.481 e. The monoisotopic (exact) mass is 240 g/mol. The second-order valence-corrected chi connectivity index (χ2v) is 4.53. The summed E-state index contributed by atoms with van der Waals surface area (Å²) in [6.45, 7) is 4.12. The molecule has 2 rings (SSSR count). The lowest BCUT2D eigenvalue weighted by Gasteiger charge is -2.11. The molecule has 0 saturated heterocycles. The normalized spacial score (nSPS) is 10.3. The molecule has 0 spiro atoms. The molecule has 0 aromatic heterocycles. The highest BCUT2D eigenvalue weighted by Gasteiger charge is 2.07. The maximum atomic E-state index is 10.8. The molecule has 2 heteroatoms. The second kappa shape index (κ2) is 5.05. The average Bonchev–Trinajstić information content (AvgIpc) is 2.32. The fraction of sp³-hybridized carbons (Fsp3) is 0.188. The van der Waals surface area contributed by atoms with E-state index in [9.17, 15) is 4.79 Å². The molecule has 0 heterocycles. The van der Waals surface area contributed by atoms with Crippen LogP contribution in [0.2, 0.25) is 0 Å². The first-order chi connectivity index (χ1) is 8.58. The van der Waals surface area contributed by atoms with E-state index in [1.807, 2.05) is 37.3 Å². The van der Waals surface area contributed by atoms with Gasteiger partial charge in [0.15, 0.2) is 0 Å². The number of rotatable bonds is 3. The number of carboxylic acids is 1. The van der Waals surface area contributed by atoms with Gasteiger partial charge < -0.3 is 5.11 Å². The van der Waals surface area contributed by atoms with Gasteiger partial charge in [0.25, 0.3) is 0 Å². The van der Waals surface area contributed by atoms with Crippen LogP contribution in [0.5, 0.6) is 0 Å². The molecular weight excluding hydrogens is 224 g/mol. The summed E-state index contributed by atoms with van der Waals surface area (Å²) in [5.41, 5.74) is 5.49. The highest BCUT2D eigenvalue weighted by Crippen LogP contribution is 2.27. The smallest absolute Gasteiger partial charge is 0.307 e. The Balaban J connectivity index is 2.50. The molecule has 0 amide bonds. The fourth-order valence-corrected chi connectivity index (χ4v) is 2.12. The van der Waals surface area contributed by atoms with Crippen LogP contribution < -0.4 is 0 Å². The Hall–Kier alpha value is -2.09. The lowest BCUT2D eigenvalue weighted by molar-refractivity contribution is -0.136. The topological polar surface area (TPSA) is 37.3 Å². The molecule has 2 aromatic carbocycles. The predicted molar refractivity (Wildman–Crippen MR) is 72.7 cm³/mol. The van der Waals surface area contributed by atoms with Gasteiger partial charge in [0.05, 0.1) is 6.42 Å². The van der Waals surface area contributed by atoms with E-state index < -0.39 is 5.97 Å². The maximum absolute atomic E-state index is 10.8. The summed E-state index contributed by atoms with van der Waals surface area (Å²) < 4.78 is 0. The zero-order valence-electron chi connectivity index (χ0n) is 10.6. The molecule has 0 atom stereocenters. The van der Waals surface area contributed by atoms with Gasteiger partial charge in [-0.05, 0) is 41.7 Å². The number of hydrogen-bond donors (Lipinski definition) is 1. The van der Waals surface area contributed by atoms with Crippen molar-refractivity contribution in [2.24, 2.45) is 0 Å². The van der Waals surface area contributed by atoms with Crippen LogP contribution in [0.15, 0.2) is 42.5 Å². The van der Waals surface area contributed by atoms with Crippen molar-refractivity contribution >= 4 is 5.97 Å². The highest BCUT2D eigenvalue weighted by molar-refractivity contribution is 5.74. The minimum atomic E-state index is -0.797. The van der Waals surface area contributed by atoms with Crippen LogP contribution in [0.25, 0.3) is 11.1 Å². The molecule has 0 fully saturated rings. The Bertz CT molecular complexity index is 585. The van der Waals surface area contributed by atoms with Crippen LogP contribution in [0, 0.1) is 13.8 Å². The maximum Gasteiger partial charge on any atom is 0.307 e. The van der Waals surface area contributed by atoms with Crippen LogP contribution in [-0.4, -0.2) is 11.1 Å². The van der Waals surface area contributed by atoms with Crippen LogP contribution in [0.4, 0.5) is 0 Å². The van der Waals surface area contributed by atoms with Gasteiger partial charge in [0.1, 0.15) is 0 Å². The molecule has 0 unspecified atom stereocenters. The number of benzene rings is 2. The van der Waals surface area contributed by atoms with Crippen molar-refractivity contribution in [1.29, 1.82) is 0 Å². The SMILES string of the molecule is Cc1ccccc1-c1cc(CC(=O)O)ccc1C. The molecule has 0 aliphatic rings. The number of hydrogen-bond acceptors (Lipinski definition) is 1. The van der Waals surface area contributed by atoms with Crippen LogP contribution >= 0.6 is 0 Å². The first-order valence-electron chi connectivity index (χ1n) is 5.95. The third kappa shape index (κ3) is 2.59. The molecular formula is C16H16O2. The van der Waals surface area contributed by atoms with Gasteiger partial charge in [0.2, 0.25) is 0 Å². The van der Waals surface area contributed by atoms with Crippen LogP contribution in [0.1, 0.15) is 16.7 Å². The molecule has 0 aliphatic carbocycles. The third-order valence-corrected chi connectivity index (χ3v) is 3.09. The molecule has 2 nitrogen and oxygen atoms in total. The summed E-state index contributed by atoms with van der Waals surface area (Å²) in [6, 6.07) is 14.0. The molecule has 92 valence electrons. The molecule has 0 aliphatic heterocycles. The minimum absolute atomic E-state index is 0.0686. The van der Waals surface area contributed by atoms with Crippen molar-refractivity contribution in [1.82, 2.24) is 0 Å². The lowest BCUT2D eigenvalue weighted by Crippen LogP contribution is -2.00. The molecule has 2 aromatic rings. The average molecular weight is 240 g/mol. The van der Waals surface area contributed by atoms with E-state index in [2.05, 4.69) is 19.1 Å². The lowest BCUT2D eigenvalue weighted by atomic mass is 9.94. The van der Waals surface area contributed by atoms with E-state index >= 15 is 0 Å². The van der Waals surface area contributed by atoms with Crippen molar-refractivity contribution < 1.29 is 9.90 Å². The summed E-state index contributed by atoms with van der Waals surface area (Å²) in [5, 5.41) is 8.85. The zero-order valence-corrected chi connectivity index (χ0v) is 10.6. The first-order valence-corrected chi connectivity index (χ1v) is 5.95. The van der Waals surface area contributed by atoms with E-state index in [1.54, 1.807) is 0 Å². The number of aryl methyl sites for hydroxylation is 2. The first kappa shape index (κ1) is 12.4. The molecule has 18 heavy (non-hydrogen) atoms. The Morgan fingerprint density at radius 2 is 1.67 bits per heavy atom. The summed E-state index contributed by atoms with van der Waals surface area (Å²) in [6.07, 6.45) is 0.0686. The summed E-state index contributed by atoms with van der Waals surface area (Å²) in [4.78, 5) is 10.8. The Kier molecular flexibility index (Phi) is 3.47. The van der Waals surface area contributed by atoms with Crippen molar-refractivity contribution in [2.45, 2.75) is 20.3 Å². The van der Waals surface area contributed by atoms with Gasteiger partial charge in [-0.1, -0.05) is 42.5 Å². The largest absolute Gasteiger partial charge is 0.481 e. The molecule has 1 N–H and O–H groups in total. The van der Waals surface area contributed by atoms with Crippen molar-refractivity contribution in [2.75, 3.05) is 0 Å². The number of carboxylic acid groups (broad SMARTS) is 1. The highest BCUT2D eigenvalue weighted by atomic mass is 16.4. The summed E-state index contributed by atoms with van der Waals surface area (Å²) in [5.74, 6) is -0.797. The number of carbonyl (C=O) groups is 1. The van der Waals surface area contributed by atoms with E-state index in [1.165, 1.54) is 16.7 Å². The molecule has 0 saturated carbocycles. The van der Waals surface area contributed by atoms with Gasteiger partial charge >= 0.3 is 5.97 Å². The quantitative estimate of drug-likeness (QED) is 0.890. The van der Waals surface area contributed by atoms with E-state index in [0.29, 0.717) is 0 Å². The van der Waals surface area contributed by atoms with E-state index in [-0.39, 0.29) is 6.42 Å². The zero-order chi connectivity index (χ0) is 13.1. The molecule has 0 bridgehead atoms. The standard InChI is InChI=1S/C16H16O2/c1-11-5-3-4-6-14(11)15-9-13(10-16(17)18)8-7-12(15)2/h3-9H,10H2,1-2H3,(H,17,18). The van der Waals surface area contributed by atoms with Gasteiger partial charge in [-0.3, -0.25) is 4.79 Å². The van der Waals surface area contributed by atoms with E-state index in [0.717, 1.165) is 11.1 Å². The van der Waals surface area contributed by atoms with Gasteiger partial charge in [-0.2, -0.15) is 0 Å².